The topological polar surface area (TPSA) is 0 Å². The van der Waals surface area contributed by atoms with Gasteiger partial charge in [-0.1, -0.05) is 91.8 Å². The molecule has 138 valence electrons. The van der Waals surface area contributed by atoms with E-state index in [1.54, 1.807) is 6.07 Å². The highest BCUT2D eigenvalue weighted by molar-refractivity contribution is 5.28. The van der Waals surface area contributed by atoms with Crippen LogP contribution in [0.3, 0.4) is 0 Å². The molecule has 0 amide bonds. The maximum absolute atomic E-state index is 13.5. The van der Waals surface area contributed by atoms with Crippen molar-refractivity contribution in [2.75, 3.05) is 0 Å². The number of rotatable bonds is 4. The van der Waals surface area contributed by atoms with Crippen molar-refractivity contribution in [3.8, 4) is 0 Å². The van der Waals surface area contributed by atoms with Crippen LogP contribution in [-0.2, 0) is 0 Å². The molecule has 25 heavy (non-hydrogen) atoms. The number of halogens is 1. The molecular weight excluding hydrogens is 307 g/mol. The lowest BCUT2D eigenvalue weighted by Gasteiger charge is -2.10. The summed E-state index contributed by atoms with van der Waals surface area (Å²) in [6.07, 6.45) is 0. The van der Waals surface area contributed by atoms with Gasteiger partial charge in [0, 0.05) is 0 Å². The first-order valence-electron chi connectivity index (χ1n) is 9.52. The minimum atomic E-state index is -0.0683. The van der Waals surface area contributed by atoms with Crippen LogP contribution < -0.4 is 0 Å². The number of hydrogen-bond donors (Lipinski definition) is 0. The zero-order valence-electron chi connectivity index (χ0n) is 17.2. The van der Waals surface area contributed by atoms with Gasteiger partial charge in [-0.3, -0.25) is 0 Å². The lowest BCUT2D eigenvalue weighted by Crippen LogP contribution is -1.96. The summed E-state index contributed by atoms with van der Waals surface area (Å²) in [5.74, 6) is 1.88. The average Bonchev–Trinajstić information content (AvgIpc) is 2.54. The van der Waals surface area contributed by atoms with Crippen LogP contribution in [0, 0.1) is 5.82 Å². The van der Waals surface area contributed by atoms with Gasteiger partial charge in [-0.05, 0) is 52.0 Å². The monoisotopic (exact) mass is 342 g/mol. The van der Waals surface area contributed by atoms with Crippen LogP contribution in [0.2, 0.25) is 0 Å². The summed E-state index contributed by atoms with van der Waals surface area (Å²) in [7, 11) is 0. The third-order valence-electron chi connectivity index (χ3n) is 4.58. The molecule has 2 rings (SSSR count). The first-order chi connectivity index (χ1) is 11.6. The Kier molecular flexibility index (Phi) is 8.35. The van der Waals surface area contributed by atoms with Gasteiger partial charge in [-0.25, -0.2) is 4.39 Å². The van der Waals surface area contributed by atoms with Crippen LogP contribution >= 0.6 is 0 Å². The predicted octanol–water partition coefficient (Wildman–Crippen LogP) is 8.01. The van der Waals surface area contributed by atoms with E-state index < -0.39 is 0 Å². The molecule has 0 spiro atoms. The third kappa shape index (κ3) is 6.65. The fraction of sp³-hybridized carbons (Fsp3) is 0.500. The normalized spacial score (nSPS) is 11.2. The summed E-state index contributed by atoms with van der Waals surface area (Å²) < 4.78 is 13.5. The zero-order chi connectivity index (χ0) is 19.1. The van der Waals surface area contributed by atoms with Gasteiger partial charge < -0.3 is 0 Å². The van der Waals surface area contributed by atoms with Gasteiger partial charge in [0.1, 0.15) is 5.82 Å². The smallest absolute Gasteiger partial charge is 0.126 e. The highest BCUT2D eigenvalue weighted by Gasteiger charge is 2.08. The van der Waals surface area contributed by atoms with E-state index in [-0.39, 0.29) is 11.7 Å². The molecule has 0 atom stereocenters. The van der Waals surface area contributed by atoms with Crippen LogP contribution in [0.1, 0.15) is 101 Å². The van der Waals surface area contributed by atoms with Crippen LogP contribution in [0.5, 0.6) is 0 Å². The van der Waals surface area contributed by atoms with Gasteiger partial charge in [0.05, 0.1) is 0 Å². The van der Waals surface area contributed by atoms with Gasteiger partial charge in [-0.15, -0.1) is 0 Å². The second-order valence-corrected chi connectivity index (χ2v) is 8.07. The molecule has 0 heterocycles. The highest BCUT2D eigenvalue weighted by Crippen LogP contribution is 2.23. The molecule has 0 aliphatic rings. The number of hydrogen-bond acceptors (Lipinski definition) is 0. The molecule has 2 aromatic rings. The van der Waals surface area contributed by atoms with Gasteiger partial charge in [0.15, 0.2) is 0 Å². The highest BCUT2D eigenvalue weighted by atomic mass is 19.1. The molecule has 0 aliphatic heterocycles. The second kappa shape index (κ2) is 9.75. The zero-order valence-corrected chi connectivity index (χ0v) is 17.2. The minimum Gasteiger partial charge on any atom is -0.207 e. The van der Waals surface area contributed by atoms with E-state index in [1.165, 1.54) is 11.1 Å². The van der Waals surface area contributed by atoms with Gasteiger partial charge in [-0.2, -0.15) is 0 Å². The van der Waals surface area contributed by atoms with Gasteiger partial charge in [0.25, 0.3) is 0 Å². The summed E-state index contributed by atoms with van der Waals surface area (Å²) in [5.41, 5.74) is 4.74. The lowest BCUT2D eigenvalue weighted by atomic mass is 9.97. The maximum Gasteiger partial charge on any atom is 0.126 e. The van der Waals surface area contributed by atoms with Crippen molar-refractivity contribution < 1.29 is 4.39 Å². The van der Waals surface area contributed by atoms with Crippen LogP contribution in [-0.4, -0.2) is 0 Å². The molecule has 0 aromatic heterocycles. The van der Waals surface area contributed by atoms with Crippen molar-refractivity contribution in [1.82, 2.24) is 0 Å². The van der Waals surface area contributed by atoms with Crippen LogP contribution in [0.25, 0.3) is 0 Å². The Bertz CT molecular complexity index is 607. The Balaban J connectivity index is 0.000000251. The lowest BCUT2D eigenvalue weighted by molar-refractivity contribution is 0.594. The molecule has 0 saturated carbocycles. The van der Waals surface area contributed by atoms with E-state index in [9.17, 15) is 4.39 Å². The van der Waals surface area contributed by atoms with Gasteiger partial charge in [0.2, 0.25) is 0 Å². The molecule has 1 heteroatoms. The van der Waals surface area contributed by atoms with Gasteiger partial charge >= 0.3 is 0 Å². The molecule has 0 unspecified atom stereocenters. The van der Waals surface area contributed by atoms with E-state index in [1.807, 2.05) is 26.0 Å². The first kappa shape index (κ1) is 21.4. The molecule has 0 saturated heterocycles. The quantitative estimate of drug-likeness (QED) is 0.528. The van der Waals surface area contributed by atoms with E-state index in [0.717, 1.165) is 11.1 Å². The summed E-state index contributed by atoms with van der Waals surface area (Å²) in [6, 6.07) is 14.5. The van der Waals surface area contributed by atoms with E-state index in [0.29, 0.717) is 17.8 Å². The van der Waals surface area contributed by atoms with E-state index >= 15 is 0 Å². The van der Waals surface area contributed by atoms with Crippen molar-refractivity contribution in [3.05, 3.63) is 70.5 Å². The molecular formula is C24H35F. The SMILES string of the molecule is CC(C)c1ccc(C(C)C)c(F)c1.CC(C)c1ccc(C(C)C)cc1. The van der Waals surface area contributed by atoms with Crippen molar-refractivity contribution in [2.24, 2.45) is 0 Å². The maximum atomic E-state index is 13.5. The average molecular weight is 343 g/mol. The molecule has 2 aromatic carbocycles. The number of benzene rings is 2. The van der Waals surface area contributed by atoms with Crippen molar-refractivity contribution in [2.45, 2.75) is 79.1 Å². The molecule has 0 fully saturated rings. The summed E-state index contributed by atoms with van der Waals surface area (Å²) in [5, 5.41) is 0. The predicted molar refractivity (Wildman–Crippen MR) is 109 cm³/mol. The largest absolute Gasteiger partial charge is 0.207 e. The summed E-state index contributed by atoms with van der Waals surface area (Å²) in [6.45, 7) is 17.1. The van der Waals surface area contributed by atoms with Crippen molar-refractivity contribution in [1.29, 1.82) is 0 Å². The Labute approximate surface area is 154 Å². The standard InChI is InChI=1S/C12H17F.C12H18/c1-8(2)10-5-6-11(9(3)4)12(13)7-10;1-9(2)11-5-7-12(8-6-11)10(3)4/h5-9H,1-4H3;5-10H,1-4H3. The molecule has 0 N–H and O–H groups in total. The molecule has 0 aliphatic carbocycles. The van der Waals surface area contributed by atoms with Crippen LogP contribution in [0.4, 0.5) is 4.39 Å². The second-order valence-electron chi connectivity index (χ2n) is 8.07. The Morgan fingerprint density at radius 2 is 0.880 bits per heavy atom. The summed E-state index contributed by atoms with van der Waals surface area (Å²) >= 11 is 0. The van der Waals surface area contributed by atoms with Crippen molar-refractivity contribution in [3.63, 3.8) is 0 Å². The minimum absolute atomic E-state index is 0.0683. The van der Waals surface area contributed by atoms with Crippen LogP contribution in [0.15, 0.2) is 42.5 Å². The van der Waals surface area contributed by atoms with E-state index in [2.05, 4.69) is 65.8 Å². The molecule has 0 nitrogen and oxygen atoms in total. The third-order valence-corrected chi connectivity index (χ3v) is 4.58. The Morgan fingerprint density at radius 3 is 1.16 bits per heavy atom. The molecule has 0 radical (unpaired) electrons. The Morgan fingerprint density at radius 1 is 0.520 bits per heavy atom. The van der Waals surface area contributed by atoms with E-state index in [4.69, 9.17) is 0 Å². The first-order valence-corrected chi connectivity index (χ1v) is 9.52. The molecule has 0 bridgehead atoms. The Hall–Kier alpha value is -1.63. The fourth-order valence-corrected chi connectivity index (χ4v) is 2.64. The van der Waals surface area contributed by atoms with Crippen molar-refractivity contribution >= 4 is 0 Å². The fourth-order valence-electron chi connectivity index (χ4n) is 2.64. The summed E-state index contributed by atoms with van der Waals surface area (Å²) in [4.78, 5) is 0.